The standard InChI is InChI=1S/C17H20ClN3O3S/c1-19-25(23,24)11-10-21-17(22)16(12-15-4-2-3-9-20-15)13-5-7-14(18)8-6-13/h2-9,16,19H,10-12H2,1H3,(H,21,22). The van der Waals surface area contributed by atoms with Crippen LogP contribution in [-0.2, 0) is 21.2 Å². The summed E-state index contributed by atoms with van der Waals surface area (Å²) in [6.07, 6.45) is 2.08. The van der Waals surface area contributed by atoms with E-state index in [9.17, 15) is 13.2 Å². The number of benzene rings is 1. The monoisotopic (exact) mass is 381 g/mol. The van der Waals surface area contributed by atoms with Crippen molar-refractivity contribution in [1.29, 1.82) is 0 Å². The highest BCUT2D eigenvalue weighted by atomic mass is 35.5. The molecule has 0 aliphatic carbocycles. The van der Waals surface area contributed by atoms with Gasteiger partial charge in [0.05, 0.1) is 11.7 Å². The lowest BCUT2D eigenvalue weighted by Gasteiger charge is -2.17. The first-order valence-electron chi connectivity index (χ1n) is 7.75. The van der Waals surface area contributed by atoms with E-state index < -0.39 is 15.9 Å². The Morgan fingerprint density at radius 3 is 2.52 bits per heavy atom. The van der Waals surface area contributed by atoms with Crippen molar-refractivity contribution in [3.8, 4) is 0 Å². The van der Waals surface area contributed by atoms with E-state index in [-0.39, 0.29) is 18.2 Å². The van der Waals surface area contributed by atoms with Gasteiger partial charge in [-0.2, -0.15) is 0 Å². The molecule has 1 amide bonds. The molecule has 2 rings (SSSR count). The van der Waals surface area contributed by atoms with Crippen molar-refractivity contribution in [1.82, 2.24) is 15.0 Å². The highest BCUT2D eigenvalue weighted by Crippen LogP contribution is 2.22. The van der Waals surface area contributed by atoms with Crippen LogP contribution in [0, 0.1) is 0 Å². The lowest BCUT2D eigenvalue weighted by Crippen LogP contribution is -2.36. The number of amides is 1. The van der Waals surface area contributed by atoms with E-state index in [0.717, 1.165) is 11.3 Å². The maximum Gasteiger partial charge on any atom is 0.227 e. The molecule has 0 saturated heterocycles. The number of sulfonamides is 1. The summed E-state index contributed by atoms with van der Waals surface area (Å²) in [7, 11) is -2.02. The molecule has 0 fully saturated rings. The van der Waals surface area contributed by atoms with E-state index in [1.807, 2.05) is 18.2 Å². The van der Waals surface area contributed by atoms with Gasteiger partial charge < -0.3 is 5.32 Å². The number of nitrogens with zero attached hydrogens (tertiary/aromatic N) is 1. The third kappa shape index (κ3) is 6.12. The predicted octanol–water partition coefficient (Wildman–Crippen LogP) is 1.73. The molecular weight excluding hydrogens is 362 g/mol. The summed E-state index contributed by atoms with van der Waals surface area (Å²) in [5.41, 5.74) is 1.57. The Morgan fingerprint density at radius 1 is 1.20 bits per heavy atom. The van der Waals surface area contributed by atoms with Crippen LogP contribution < -0.4 is 10.0 Å². The van der Waals surface area contributed by atoms with Gasteiger partial charge in [-0.3, -0.25) is 9.78 Å². The molecule has 1 aromatic carbocycles. The summed E-state index contributed by atoms with van der Waals surface area (Å²) < 4.78 is 25.1. The molecule has 25 heavy (non-hydrogen) atoms. The average molecular weight is 382 g/mol. The molecule has 1 atom stereocenters. The van der Waals surface area contributed by atoms with Gasteiger partial charge in [0.15, 0.2) is 0 Å². The van der Waals surface area contributed by atoms with Crippen molar-refractivity contribution in [2.24, 2.45) is 0 Å². The zero-order valence-corrected chi connectivity index (χ0v) is 15.3. The molecule has 0 aliphatic rings. The second-order valence-corrected chi connectivity index (χ2v) is 7.93. The Balaban J connectivity index is 2.13. The number of carbonyl (C=O) groups is 1. The second-order valence-electron chi connectivity index (χ2n) is 5.44. The highest BCUT2D eigenvalue weighted by Gasteiger charge is 2.22. The van der Waals surface area contributed by atoms with Crippen LogP contribution in [0.25, 0.3) is 0 Å². The fourth-order valence-electron chi connectivity index (χ4n) is 2.32. The van der Waals surface area contributed by atoms with Crippen molar-refractivity contribution in [2.75, 3.05) is 19.3 Å². The van der Waals surface area contributed by atoms with Crippen molar-refractivity contribution in [2.45, 2.75) is 12.3 Å². The molecule has 0 aliphatic heterocycles. The van der Waals surface area contributed by atoms with Crippen LogP contribution in [0.15, 0.2) is 48.7 Å². The fourth-order valence-corrected chi connectivity index (χ4v) is 3.02. The number of rotatable bonds is 8. The summed E-state index contributed by atoms with van der Waals surface area (Å²) >= 11 is 5.92. The molecule has 6 nitrogen and oxygen atoms in total. The number of carbonyl (C=O) groups excluding carboxylic acids is 1. The van der Waals surface area contributed by atoms with E-state index in [0.29, 0.717) is 11.4 Å². The number of aromatic nitrogens is 1. The first-order valence-corrected chi connectivity index (χ1v) is 9.78. The lowest BCUT2D eigenvalue weighted by molar-refractivity contribution is -0.122. The van der Waals surface area contributed by atoms with E-state index in [4.69, 9.17) is 11.6 Å². The van der Waals surface area contributed by atoms with Gasteiger partial charge in [-0.15, -0.1) is 0 Å². The Morgan fingerprint density at radius 2 is 1.92 bits per heavy atom. The van der Waals surface area contributed by atoms with Gasteiger partial charge in [0.1, 0.15) is 0 Å². The third-order valence-corrected chi connectivity index (χ3v) is 5.32. The fraction of sp³-hybridized carbons (Fsp3) is 0.294. The molecule has 134 valence electrons. The van der Waals surface area contributed by atoms with Gasteiger partial charge in [0, 0.05) is 29.9 Å². The minimum atomic E-state index is -3.36. The van der Waals surface area contributed by atoms with Crippen molar-refractivity contribution in [3.05, 3.63) is 64.9 Å². The summed E-state index contributed by atoms with van der Waals surface area (Å²) in [5, 5.41) is 3.27. The van der Waals surface area contributed by atoms with Crippen LogP contribution in [0.3, 0.4) is 0 Å². The normalized spacial score (nSPS) is 12.6. The molecule has 0 spiro atoms. The molecule has 1 aromatic heterocycles. The zero-order chi connectivity index (χ0) is 18.3. The van der Waals surface area contributed by atoms with E-state index >= 15 is 0 Å². The van der Waals surface area contributed by atoms with E-state index in [1.165, 1.54) is 7.05 Å². The number of hydrogen-bond acceptors (Lipinski definition) is 4. The van der Waals surface area contributed by atoms with Gasteiger partial charge in [0.2, 0.25) is 15.9 Å². The Labute approximate surface area is 152 Å². The Hall–Kier alpha value is -1.96. The van der Waals surface area contributed by atoms with Gasteiger partial charge in [0.25, 0.3) is 0 Å². The van der Waals surface area contributed by atoms with Crippen LogP contribution in [0.5, 0.6) is 0 Å². The third-order valence-electron chi connectivity index (χ3n) is 3.71. The summed E-state index contributed by atoms with van der Waals surface area (Å²) in [4.78, 5) is 16.9. The molecule has 8 heteroatoms. The van der Waals surface area contributed by atoms with Crippen LogP contribution in [0.2, 0.25) is 5.02 Å². The molecule has 1 heterocycles. The first kappa shape index (κ1) is 19.4. The highest BCUT2D eigenvalue weighted by molar-refractivity contribution is 7.89. The van der Waals surface area contributed by atoms with Gasteiger partial charge in [-0.25, -0.2) is 13.1 Å². The zero-order valence-electron chi connectivity index (χ0n) is 13.8. The van der Waals surface area contributed by atoms with Crippen LogP contribution in [0.1, 0.15) is 17.2 Å². The number of hydrogen-bond donors (Lipinski definition) is 2. The second kappa shape index (κ2) is 8.94. The molecule has 0 saturated carbocycles. The van der Waals surface area contributed by atoms with Crippen molar-refractivity contribution >= 4 is 27.5 Å². The van der Waals surface area contributed by atoms with Crippen LogP contribution in [-0.4, -0.2) is 38.7 Å². The largest absolute Gasteiger partial charge is 0.354 e. The minimum absolute atomic E-state index is 0.0360. The Kier molecular flexibility index (Phi) is 6.92. The molecular formula is C17H20ClN3O3S. The number of halogens is 1. The molecule has 1 unspecified atom stereocenters. The predicted molar refractivity (Wildman–Crippen MR) is 98.0 cm³/mol. The lowest BCUT2D eigenvalue weighted by atomic mass is 9.93. The quantitative estimate of drug-likeness (QED) is 0.728. The summed E-state index contributed by atoms with van der Waals surface area (Å²) in [6.45, 7) is 0.0360. The smallest absolute Gasteiger partial charge is 0.227 e. The maximum absolute atomic E-state index is 12.6. The van der Waals surface area contributed by atoms with Crippen LogP contribution in [0.4, 0.5) is 0 Å². The van der Waals surface area contributed by atoms with Gasteiger partial charge in [-0.1, -0.05) is 29.8 Å². The molecule has 0 bridgehead atoms. The van der Waals surface area contributed by atoms with Crippen molar-refractivity contribution in [3.63, 3.8) is 0 Å². The Bertz CT molecular complexity index is 796. The van der Waals surface area contributed by atoms with E-state index in [1.54, 1.807) is 30.5 Å². The SMILES string of the molecule is CNS(=O)(=O)CCNC(=O)C(Cc1ccccn1)c1ccc(Cl)cc1. The molecule has 2 aromatic rings. The number of pyridine rings is 1. The van der Waals surface area contributed by atoms with Gasteiger partial charge >= 0.3 is 0 Å². The van der Waals surface area contributed by atoms with Crippen molar-refractivity contribution < 1.29 is 13.2 Å². The average Bonchev–Trinajstić information content (AvgIpc) is 2.61. The summed E-state index contributed by atoms with van der Waals surface area (Å²) in [5.74, 6) is -0.907. The van der Waals surface area contributed by atoms with Crippen LogP contribution >= 0.6 is 11.6 Å². The first-order chi connectivity index (χ1) is 11.9. The summed E-state index contributed by atoms with van der Waals surface area (Å²) in [6, 6.07) is 12.5. The van der Waals surface area contributed by atoms with E-state index in [2.05, 4.69) is 15.0 Å². The molecule has 0 radical (unpaired) electrons. The maximum atomic E-state index is 12.6. The topological polar surface area (TPSA) is 88.2 Å². The minimum Gasteiger partial charge on any atom is -0.354 e. The number of nitrogens with one attached hydrogen (secondary N) is 2. The van der Waals surface area contributed by atoms with Gasteiger partial charge in [-0.05, 0) is 36.9 Å². The molecule has 2 N–H and O–H groups in total.